The molecule has 2 aliphatic rings. The van der Waals surface area contributed by atoms with Crippen LogP contribution >= 0.6 is 0 Å². The molecule has 2 N–H and O–H groups in total. The predicted octanol–water partition coefficient (Wildman–Crippen LogP) is 5.62. The normalized spacial score (nSPS) is 19.4. The molecule has 68 heavy (non-hydrogen) atoms. The van der Waals surface area contributed by atoms with E-state index in [1.54, 1.807) is 43.5 Å². The van der Waals surface area contributed by atoms with E-state index in [0.717, 1.165) is 11.4 Å². The third kappa shape index (κ3) is 16.2. The van der Waals surface area contributed by atoms with Crippen molar-refractivity contribution in [1.29, 1.82) is 0 Å². The number of methoxy groups -OCH3 is 1. The van der Waals surface area contributed by atoms with Gasteiger partial charge in [0.25, 0.3) is 10.1 Å². The van der Waals surface area contributed by atoms with E-state index in [1.807, 2.05) is 43.6 Å². The summed E-state index contributed by atoms with van der Waals surface area (Å²) in [6.45, 7) is 10.4. The summed E-state index contributed by atoms with van der Waals surface area (Å²) in [4.78, 5) is 12.4. The van der Waals surface area contributed by atoms with E-state index in [9.17, 15) is 43.7 Å². The van der Waals surface area contributed by atoms with Gasteiger partial charge in [0.05, 0.1) is 73.8 Å². The van der Waals surface area contributed by atoms with Gasteiger partial charge in [0.1, 0.15) is 26.8 Å². The summed E-state index contributed by atoms with van der Waals surface area (Å²) < 4.78 is 135. The molecule has 0 amide bonds. The summed E-state index contributed by atoms with van der Waals surface area (Å²) in [5.41, 5.74) is 2.38. The largest absolute Gasteiger partial charge is 0.744 e. The number of hydrogen-bond donors (Lipinski definition) is 2. The van der Waals surface area contributed by atoms with Crippen molar-refractivity contribution >= 4 is 53.4 Å². The van der Waals surface area contributed by atoms with Gasteiger partial charge in [-0.2, -0.15) is 13.0 Å². The lowest BCUT2D eigenvalue weighted by molar-refractivity contribution is -0.438. The summed E-state index contributed by atoms with van der Waals surface area (Å²) in [5, 5.41) is 9.13. The number of anilines is 1. The lowest BCUT2D eigenvalue weighted by atomic mass is 9.76. The summed E-state index contributed by atoms with van der Waals surface area (Å²) in [6, 6.07) is 8.49. The number of aliphatic carboxylic acids is 1. The average Bonchev–Trinajstić information content (AvgIpc) is 3.64. The van der Waals surface area contributed by atoms with Crippen molar-refractivity contribution in [2.75, 3.05) is 90.3 Å². The van der Waals surface area contributed by atoms with E-state index in [1.165, 1.54) is 24.3 Å². The highest BCUT2D eigenvalue weighted by Gasteiger charge is 2.48. The van der Waals surface area contributed by atoms with Crippen LogP contribution in [0.4, 0.5) is 11.4 Å². The number of allylic oxidation sites excluding steroid dienone is 8. The Balaban J connectivity index is 1.55. The Morgan fingerprint density at radius 3 is 1.84 bits per heavy atom. The van der Waals surface area contributed by atoms with Gasteiger partial charge in [-0.15, -0.1) is 0 Å². The lowest BCUT2D eigenvalue weighted by Crippen LogP contribution is -2.32. The number of carboxylic acid groups (broad SMARTS) is 1. The Morgan fingerprint density at radius 2 is 1.26 bits per heavy atom. The number of unbranched alkanes of at least 4 members (excludes halogenated alkanes) is 2. The zero-order valence-corrected chi connectivity index (χ0v) is 41.6. The van der Waals surface area contributed by atoms with E-state index < -0.39 is 57.8 Å². The number of carboxylic acids is 1. The third-order valence-corrected chi connectivity index (χ3v) is 14.4. The minimum atomic E-state index is -4.84. The van der Waals surface area contributed by atoms with Crippen LogP contribution in [0.3, 0.4) is 0 Å². The Kier molecular flexibility index (Phi) is 21.7. The fraction of sp³-hybridized carbons (Fsp3) is 0.532. The molecule has 21 heteroatoms. The Hall–Kier alpha value is -4.13. The topological polar surface area (TPSA) is 258 Å². The van der Waals surface area contributed by atoms with Crippen LogP contribution in [0.25, 0.3) is 0 Å². The highest BCUT2D eigenvalue weighted by Crippen LogP contribution is 2.50. The minimum absolute atomic E-state index is 0.00528. The summed E-state index contributed by atoms with van der Waals surface area (Å²) in [6.07, 6.45) is 15.0. The fourth-order valence-corrected chi connectivity index (χ4v) is 9.98. The lowest BCUT2D eigenvalue weighted by Gasteiger charge is -2.30. The fourth-order valence-electron chi connectivity index (χ4n) is 8.48. The minimum Gasteiger partial charge on any atom is -0.744 e. The van der Waals surface area contributed by atoms with Crippen LogP contribution in [-0.4, -0.2) is 146 Å². The van der Waals surface area contributed by atoms with Crippen molar-refractivity contribution < 1.29 is 77.1 Å². The zero-order valence-electron chi connectivity index (χ0n) is 39.2. The van der Waals surface area contributed by atoms with Crippen molar-refractivity contribution in [3.63, 3.8) is 0 Å². The van der Waals surface area contributed by atoms with E-state index in [0.29, 0.717) is 121 Å². The first kappa shape index (κ1) is 56.5. The smallest absolute Gasteiger partial charge is 0.303 e. The number of hydrogen-bond acceptors (Lipinski definition) is 15. The maximum absolute atomic E-state index is 12.1. The van der Waals surface area contributed by atoms with E-state index in [-0.39, 0.29) is 24.2 Å². The van der Waals surface area contributed by atoms with Crippen LogP contribution in [0.5, 0.6) is 0 Å². The first-order valence-corrected chi connectivity index (χ1v) is 26.9. The highest BCUT2D eigenvalue weighted by molar-refractivity contribution is 7.86. The first-order chi connectivity index (χ1) is 32.2. The van der Waals surface area contributed by atoms with Gasteiger partial charge in [0.15, 0.2) is 5.71 Å². The number of fused-ring (bicyclic) bond motifs is 2. The summed E-state index contributed by atoms with van der Waals surface area (Å²) in [5.74, 6) is -1.44. The second-order valence-corrected chi connectivity index (χ2v) is 21.0. The SMILES string of the molecule is CCN1/C(=C/C=C/C=C/C=C/C2=[N+](CCCCCC(=O)O)c3ccc(S(=O)(=O)[O-])cc3C2(C)CCCS(=O)(=O)O)C(C)(CCOCCOCCOCCOCCOC)c2cc(S(=O)(=O)[O-])ccc21. The quantitative estimate of drug-likeness (QED) is 0.0390. The molecule has 0 bridgehead atoms. The molecule has 0 fully saturated rings. The van der Waals surface area contributed by atoms with Crippen molar-refractivity contribution in [3.8, 4) is 0 Å². The molecule has 0 aromatic heterocycles. The van der Waals surface area contributed by atoms with Gasteiger partial charge in [-0.3, -0.25) is 9.35 Å². The highest BCUT2D eigenvalue weighted by atomic mass is 32.2. The van der Waals surface area contributed by atoms with Crippen LogP contribution in [0.15, 0.2) is 94.4 Å². The average molecular weight is 1010 g/mol. The predicted molar refractivity (Wildman–Crippen MR) is 253 cm³/mol. The Bertz CT molecular complexity index is 2520. The van der Waals surface area contributed by atoms with Crippen molar-refractivity contribution in [2.24, 2.45) is 0 Å². The van der Waals surface area contributed by atoms with Crippen molar-refractivity contribution in [2.45, 2.75) is 86.3 Å². The van der Waals surface area contributed by atoms with Crippen LogP contribution in [-0.2, 0) is 69.7 Å². The van der Waals surface area contributed by atoms with Crippen LogP contribution in [0, 0.1) is 0 Å². The molecule has 0 radical (unpaired) electrons. The van der Waals surface area contributed by atoms with Gasteiger partial charge < -0.3 is 42.8 Å². The molecule has 0 saturated heterocycles. The van der Waals surface area contributed by atoms with E-state index in [2.05, 4.69) is 4.90 Å². The number of rotatable bonds is 32. The first-order valence-electron chi connectivity index (χ1n) is 22.5. The molecule has 2 atom stereocenters. The molecular formula is C47H65N2O16S3-. The summed E-state index contributed by atoms with van der Waals surface area (Å²) in [7, 11) is -12.3. The van der Waals surface area contributed by atoms with E-state index in [4.69, 9.17) is 28.8 Å². The summed E-state index contributed by atoms with van der Waals surface area (Å²) >= 11 is 0. The second-order valence-electron chi connectivity index (χ2n) is 16.7. The van der Waals surface area contributed by atoms with Gasteiger partial charge in [-0.25, -0.2) is 16.8 Å². The molecule has 2 heterocycles. The van der Waals surface area contributed by atoms with Crippen molar-refractivity contribution in [3.05, 3.63) is 95.8 Å². The molecule has 0 aliphatic carbocycles. The second kappa shape index (κ2) is 26.2. The van der Waals surface area contributed by atoms with Gasteiger partial charge in [0, 0.05) is 67.6 Å². The third-order valence-electron chi connectivity index (χ3n) is 11.9. The van der Waals surface area contributed by atoms with E-state index >= 15 is 0 Å². The molecule has 2 unspecified atom stereocenters. The molecule has 0 spiro atoms. The number of carbonyl (C=O) groups is 1. The maximum Gasteiger partial charge on any atom is 0.303 e. The Labute approximate surface area is 401 Å². The van der Waals surface area contributed by atoms with Crippen molar-refractivity contribution in [1.82, 2.24) is 0 Å². The molecule has 2 aliphatic heterocycles. The number of likely N-dealkylation sites (N-methyl/N-ethyl adjacent to an activating group) is 1. The van der Waals surface area contributed by atoms with Crippen LogP contribution < -0.4 is 4.90 Å². The van der Waals surface area contributed by atoms with Crippen LogP contribution in [0.1, 0.15) is 76.8 Å². The molecule has 4 rings (SSSR count). The van der Waals surface area contributed by atoms with Gasteiger partial charge in [0.2, 0.25) is 5.69 Å². The molecule has 18 nitrogen and oxygen atoms in total. The van der Waals surface area contributed by atoms with Crippen LogP contribution in [0.2, 0.25) is 0 Å². The maximum atomic E-state index is 12.1. The van der Waals surface area contributed by atoms with Gasteiger partial charge >= 0.3 is 5.97 Å². The monoisotopic (exact) mass is 1010 g/mol. The molecule has 2 aromatic rings. The zero-order chi connectivity index (χ0) is 50.0. The molecule has 378 valence electrons. The standard InChI is InChI=1S/C47H66N2O16S3/c1-5-48-41-20-18-37(67(55,56)57)35-39(41)47(3,23-25-62-28-29-64-32-33-65-31-30-63-27-26-61-4)43(48)15-10-7-6-8-11-16-44-46(2,22-14-34-66(52,53)54)40-36-38(68(58,59)60)19-21-42(40)49(44)24-13-9-12-17-45(50)51/h6-8,10-11,15-16,18-21,35-36H,5,9,12-14,17,22-34H2,1-4H3,(H3-,50,51,52,53,54,55,56,57,58,59,60)/p-1. The number of nitrogens with zero attached hydrogens (tertiary/aromatic N) is 2. The van der Waals surface area contributed by atoms with Gasteiger partial charge in [-0.1, -0.05) is 30.4 Å². The van der Waals surface area contributed by atoms with Gasteiger partial charge in [-0.05, 0) is 94.8 Å². The number of benzene rings is 2. The Morgan fingerprint density at radius 1 is 0.706 bits per heavy atom. The molecule has 0 saturated carbocycles. The number of ether oxygens (including phenoxy) is 5. The molecular weight excluding hydrogens is 945 g/mol. The molecule has 2 aromatic carbocycles.